The van der Waals surface area contributed by atoms with Crippen molar-refractivity contribution in [1.82, 2.24) is 44.6 Å². The number of aliphatic hydroxyl groups is 4. The molecular formula is C56H65N11O24P2S2. The van der Waals surface area contributed by atoms with Gasteiger partial charge in [-0.05, 0) is 48.6 Å². The second kappa shape index (κ2) is 30.6. The molecule has 0 unspecified atom stereocenters. The first-order chi connectivity index (χ1) is 45.3. The van der Waals surface area contributed by atoms with Gasteiger partial charge in [-0.3, -0.25) is 62.1 Å². The molecule has 3 aromatic heterocycles. The second-order valence-electron chi connectivity index (χ2n) is 22.4. The molecule has 2 aromatic carbocycles. The van der Waals surface area contributed by atoms with Crippen molar-refractivity contribution in [3.8, 4) is 11.6 Å². The van der Waals surface area contributed by atoms with E-state index < -0.39 is 147 Å². The number of nitrogens with zero attached hydrogens (tertiary/aromatic N) is 7. The predicted octanol–water partition coefficient (Wildman–Crippen LogP) is 2.14. The molecule has 510 valence electrons. The fourth-order valence-electron chi connectivity index (χ4n) is 10.8. The molecule has 4 aliphatic heterocycles. The number of hydrogen-bond donors (Lipinski definition) is 11. The van der Waals surface area contributed by atoms with Crippen molar-refractivity contribution in [1.29, 1.82) is 0 Å². The first-order valence-electron chi connectivity index (χ1n) is 29.4. The van der Waals surface area contributed by atoms with Crippen LogP contribution in [0.4, 0.5) is 16.4 Å². The molecule has 10 rings (SSSR count). The second-order valence-corrected chi connectivity index (χ2v) is 28.1. The number of aromatic amines is 1. The number of anilines is 2. The van der Waals surface area contributed by atoms with Gasteiger partial charge in [-0.15, -0.1) is 0 Å². The van der Waals surface area contributed by atoms with E-state index in [0.717, 1.165) is 16.1 Å². The van der Waals surface area contributed by atoms with Crippen LogP contribution in [0.1, 0.15) is 72.7 Å². The normalized spacial score (nSPS) is 28.3. The predicted molar refractivity (Wildman–Crippen MR) is 330 cm³/mol. The minimum atomic E-state index is -4.42. The molecule has 9 N–H and O–H groups in total. The largest absolute Gasteiger partial charge is 0.479 e. The Kier molecular flexibility index (Phi) is 22.5. The summed E-state index contributed by atoms with van der Waals surface area (Å²) in [4.78, 5) is 124. The summed E-state index contributed by atoms with van der Waals surface area (Å²) < 4.78 is 80.8. The van der Waals surface area contributed by atoms with Gasteiger partial charge in [0.25, 0.3) is 23.3 Å². The Labute approximate surface area is 548 Å². The van der Waals surface area contributed by atoms with Gasteiger partial charge in [0, 0.05) is 81.8 Å². The van der Waals surface area contributed by atoms with E-state index in [9.17, 15) is 73.0 Å². The minimum Gasteiger partial charge on any atom is -0.479 e. The number of unbranched alkanes of at least 4 members (excludes halogenated alkanes) is 2. The first-order valence-corrected chi connectivity index (χ1v) is 34.8. The monoisotopic (exact) mass is 1400 g/mol. The summed E-state index contributed by atoms with van der Waals surface area (Å²) in [7, 11) is 1.37. The van der Waals surface area contributed by atoms with Crippen LogP contribution in [0, 0.1) is 5.92 Å². The standard InChI is InChI=1S/C56H65N11O24P2S2/c1-65(56(80)83-23-28-10-11-34(88-54-46(75)44(73)45(74)48(89-54)53(78)79)33(19-28)61-38(69)14-17-58-37(68)9-3-2-6-18-66-40(70)12-13-41(66)71)22-29-7-4-5-8-32(29)50(76)63-55-62-49-42(51(77)64-55)60-27-67(49)52-47-43(72)36(87-52)25-85-92(81,94)90-35-21-31(86-39-15-16-57-26-59-39)20-30(35)24-84-93(82,95)91-47/h4-5,7-8,10-13,15-16,19,26-27,30-31,35-36,43-48,52,54,72-75H,2-3,6,9,14,17-18,20-25H2,1H3,(H,58,68)(H,61,69)(H,78,79)(H,81,94)(H,82,95)(H2,62,63,64,76,77)/t30-,31-,35+,36-,43-,44+,45+,46-,47-,48+,52-,54-,92-,93-/m1/s1. The molecule has 5 aromatic rings. The van der Waals surface area contributed by atoms with E-state index in [1.54, 1.807) is 12.1 Å². The summed E-state index contributed by atoms with van der Waals surface area (Å²) in [5.74, 6) is -5.34. The molecule has 0 spiro atoms. The maximum absolute atomic E-state index is 14.1. The maximum atomic E-state index is 14.1. The number of aliphatic hydroxyl groups excluding tert-OH is 4. The molecule has 35 nitrogen and oxygen atoms in total. The van der Waals surface area contributed by atoms with Gasteiger partial charge in [0.2, 0.25) is 29.9 Å². The zero-order chi connectivity index (χ0) is 67.9. The lowest BCUT2D eigenvalue weighted by molar-refractivity contribution is -0.271. The van der Waals surface area contributed by atoms with Crippen molar-refractivity contribution in [3.05, 3.63) is 107 Å². The molecule has 1 saturated carbocycles. The fourth-order valence-corrected chi connectivity index (χ4v) is 13.9. The molecule has 7 heterocycles. The number of rotatable bonds is 22. The first kappa shape index (κ1) is 70.1. The third-order valence-electron chi connectivity index (χ3n) is 15.6. The number of imidazole rings is 1. The smallest absolute Gasteiger partial charge is 0.410 e. The van der Waals surface area contributed by atoms with E-state index in [-0.39, 0.29) is 103 Å². The molecule has 1 aliphatic carbocycles. The maximum Gasteiger partial charge on any atom is 0.410 e. The summed E-state index contributed by atoms with van der Waals surface area (Å²) >= 11 is 8.41. The number of amides is 6. The van der Waals surface area contributed by atoms with Crippen molar-refractivity contribution in [2.45, 2.75) is 126 Å². The molecule has 95 heavy (non-hydrogen) atoms. The zero-order valence-corrected chi connectivity index (χ0v) is 53.6. The lowest BCUT2D eigenvalue weighted by atomic mass is 9.99. The number of ether oxygens (including phenoxy) is 5. The SMILES string of the molecule is CN(Cc1ccccc1C(=O)Nc1nc2c(ncn2[C@@H]2O[C@@H]3CO[P@@](=O)(S)O[C@H]4C[C@H](Oc5ccncn5)C[C@@H]4CO[P@@](=O)(S)O[C@@H]2[C@@H]3O)c(=O)[nH]1)C(=O)OCc1ccc(O[C@@H]2O[C@H](C(=O)O)[C@@H](O)[C@H](O)[C@H]2O)c(NC(=O)CCNC(=O)CCCCCN2C(=O)C=CC2=O)c1. The Balaban J connectivity index is 0.774. The van der Waals surface area contributed by atoms with Crippen molar-refractivity contribution < 1.29 is 110 Å². The number of carboxylic acid groups (broad SMARTS) is 1. The summed E-state index contributed by atoms with van der Waals surface area (Å²) in [6.45, 7) is -10.2. The number of H-pyrrole nitrogens is 1. The minimum absolute atomic E-state index is 0.00265. The highest BCUT2D eigenvalue weighted by Gasteiger charge is 2.52. The van der Waals surface area contributed by atoms with Crippen molar-refractivity contribution in [2.75, 3.05) is 44.0 Å². The number of benzene rings is 2. The average Bonchev–Trinajstić information content (AvgIpc) is 1.63. The lowest BCUT2D eigenvalue weighted by Crippen LogP contribution is -2.61. The number of carboxylic acids is 1. The lowest BCUT2D eigenvalue weighted by Gasteiger charge is -2.38. The number of carbonyl (C=O) groups is 7. The van der Waals surface area contributed by atoms with E-state index in [4.69, 9.17) is 41.8 Å². The summed E-state index contributed by atoms with van der Waals surface area (Å²) in [6.07, 6.45) is -10.5. The van der Waals surface area contributed by atoms with Gasteiger partial charge in [0.1, 0.15) is 61.4 Å². The third-order valence-corrected chi connectivity index (χ3v) is 18.9. The van der Waals surface area contributed by atoms with Crippen molar-refractivity contribution >= 4 is 102 Å². The van der Waals surface area contributed by atoms with Crippen LogP contribution < -0.4 is 31.0 Å². The van der Waals surface area contributed by atoms with Gasteiger partial charge < -0.3 is 69.3 Å². The highest BCUT2D eigenvalue weighted by molar-refractivity contribution is 8.44. The average molecular weight is 1400 g/mol. The molecule has 39 heteroatoms. The Morgan fingerprint density at radius 1 is 0.821 bits per heavy atom. The topological polar surface area (TPSA) is 470 Å². The molecule has 4 fully saturated rings. The Hall–Kier alpha value is -7.74. The molecule has 0 radical (unpaired) electrons. The molecule has 14 atom stereocenters. The number of imide groups is 1. The Bertz CT molecular complexity index is 3870. The Morgan fingerprint density at radius 3 is 2.34 bits per heavy atom. The zero-order valence-electron chi connectivity index (χ0n) is 50.0. The van der Waals surface area contributed by atoms with Crippen molar-refractivity contribution in [2.24, 2.45) is 5.92 Å². The van der Waals surface area contributed by atoms with Gasteiger partial charge in [-0.1, -0.05) is 55.2 Å². The number of hydrogen-bond acceptors (Lipinski definition) is 27. The number of nitrogens with one attached hydrogen (secondary N) is 4. The van der Waals surface area contributed by atoms with Crippen LogP contribution in [-0.2, 0) is 78.6 Å². The summed E-state index contributed by atoms with van der Waals surface area (Å²) in [6, 6.07) is 11.6. The summed E-state index contributed by atoms with van der Waals surface area (Å²) in [5.41, 5.74) is -0.969. The van der Waals surface area contributed by atoms with Gasteiger partial charge >= 0.3 is 25.7 Å². The molecule has 2 bridgehead atoms. The van der Waals surface area contributed by atoms with Crippen LogP contribution in [0.2, 0.25) is 0 Å². The van der Waals surface area contributed by atoms with Gasteiger partial charge in [0.15, 0.2) is 23.5 Å². The van der Waals surface area contributed by atoms with Crippen LogP contribution in [-0.4, -0.2) is 201 Å². The van der Waals surface area contributed by atoms with Gasteiger partial charge in [0.05, 0.1) is 31.3 Å². The quantitative estimate of drug-likeness (QED) is 0.0205. The molecule has 6 amide bonds. The van der Waals surface area contributed by atoms with Gasteiger partial charge in [-0.25, -0.2) is 33.7 Å². The fraction of sp³-hybridized carbons (Fsp3) is 0.464. The highest BCUT2D eigenvalue weighted by Crippen LogP contribution is 2.60. The number of thiol groups is 2. The van der Waals surface area contributed by atoms with Crippen LogP contribution in [0.25, 0.3) is 11.2 Å². The van der Waals surface area contributed by atoms with Crippen LogP contribution in [0.15, 0.2) is 84.3 Å². The number of carbonyl (C=O) groups excluding carboxylic acids is 6. The number of aromatic nitrogens is 6. The number of aliphatic carboxylic acids is 1. The van der Waals surface area contributed by atoms with E-state index in [1.807, 2.05) is 0 Å². The Morgan fingerprint density at radius 2 is 1.58 bits per heavy atom. The van der Waals surface area contributed by atoms with Crippen LogP contribution in [0.3, 0.4) is 0 Å². The molecular weight excluding hydrogens is 1340 g/mol. The third kappa shape index (κ3) is 17.5. The van der Waals surface area contributed by atoms with E-state index >= 15 is 0 Å². The van der Waals surface area contributed by atoms with Crippen molar-refractivity contribution in [3.63, 3.8) is 0 Å². The molecule has 5 aliphatic rings. The van der Waals surface area contributed by atoms with E-state index in [2.05, 4.69) is 65.4 Å². The van der Waals surface area contributed by atoms with Crippen LogP contribution in [0.5, 0.6) is 11.6 Å². The van der Waals surface area contributed by atoms with E-state index in [0.29, 0.717) is 19.3 Å². The number of fused-ring (bicyclic) bond motifs is 4. The van der Waals surface area contributed by atoms with Gasteiger partial charge in [-0.2, -0.15) is 4.98 Å². The summed E-state index contributed by atoms with van der Waals surface area (Å²) in [5, 5.41) is 60.3. The highest BCUT2D eigenvalue weighted by atomic mass is 32.7. The van der Waals surface area contributed by atoms with E-state index in [1.165, 1.54) is 72.7 Å². The van der Waals surface area contributed by atoms with Crippen LogP contribution >= 0.6 is 38.1 Å². The molecule has 3 saturated heterocycles.